The van der Waals surface area contributed by atoms with Crippen LogP contribution in [-0.2, 0) is 9.53 Å². The molecule has 2 fully saturated rings. The van der Waals surface area contributed by atoms with Gasteiger partial charge in [0.2, 0.25) is 0 Å². The van der Waals surface area contributed by atoms with E-state index >= 15 is 0 Å². The van der Waals surface area contributed by atoms with Gasteiger partial charge in [-0.1, -0.05) is 19.3 Å². The van der Waals surface area contributed by atoms with Crippen LogP contribution >= 0.6 is 0 Å². The van der Waals surface area contributed by atoms with E-state index in [0.29, 0.717) is 13.2 Å². The summed E-state index contributed by atoms with van der Waals surface area (Å²) in [4.78, 5) is 14.0. The standard InChI is InChI=1S/C14H21N3O2/c15-10-12(11-17-6-8-19-9-7-17)14(18)16-13-4-2-1-3-5-13/h11,13H,1-9H2,(H,16,18)/b12-11-. The summed E-state index contributed by atoms with van der Waals surface area (Å²) < 4.78 is 5.24. The van der Waals surface area contributed by atoms with Gasteiger partial charge in [-0.05, 0) is 12.8 Å². The third kappa shape index (κ3) is 4.25. The summed E-state index contributed by atoms with van der Waals surface area (Å²) in [6.07, 6.45) is 7.31. The zero-order chi connectivity index (χ0) is 13.5. The Kier molecular flexibility index (Phi) is 5.22. The van der Waals surface area contributed by atoms with Crippen molar-refractivity contribution >= 4 is 5.91 Å². The first-order valence-electron chi connectivity index (χ1n) is 7.04. The second kappa shape index (κ2) is 7.15. The molecule has 0 unspecified atom stereocenters. The number of carbonyl (C=O) groups excluding carboxylic acids is 1. The molecule has 0 spiro atoms. The Morgan fingerprint density at radius 3 is 2.58 bits per heavy atom. The molecule has 5 heteroatoms. The Hall–Kier alpha value is -1.54. The molecular weight excluding hydrogens is 242 g/mol. The summed E-state index contributed by atoms with van der Waals surface area (Å²) in [7, 11) is 0. The van der Waals surface area contributed by atoms with Gasteiger partial charge in [0.1, 0.15) is 11.6 Å². The molecule has 1 saturated heterocycles. The van der Waals surface area contributed by atoms with E-state index in [1.54, 1.807) is 6.20 Å². The van der Waals surface area contributed by atoms with E-state index in [-0.39, 0.29) is 17.5 Å². The first-order chi connectivity index (χ1) is 9.29. The zero-order valence-electron chi connectivity index (χ0n) is 11.2. The summed E-state index contributed by atoms with van der Waals surface area (Å²) in [6.45, 7) is 2.78. The van der Waals surface area contributed by atoms with E-state index in [9.17, 15) is 4.79 Å². The number of nitriles is 1. The second-order valence-corrected chi connectivity index (χ2v) is 5.11. The van der Waals surface area contributed by atoms with Crippen molar-refractivity contribution in [2.45, 2.75) is 38.1 Å². The normalized spacial score (nSPS) is 21.8. The van der Waals surface area contributed by atoms with Crippen LogP contribution in [0.25, 0.3) is 0 Å². The highest BCUT2D eigenvalue weighted by Crippen LogP contribution is 2.17. The molecule has 1 aliphatic heterocycles. The molecule has 104 valence electrons. The number of carbonyl (C=O) groups is 1. The van der Waals surface area contributed by atoms with Crippen molar-refractivity contribution in [3.05, 3.63) is 11.8 Å². The van der Waals surface area contributed by atoms with Gasteiger partial charge in [-0.2, -0.15) is 5.26 Å². The maximum atomic E-state index is 12.1. The molecule has 1 amide bonds. The monoisotopic (exact) mass is 263 g/mol. The molecule has 0 atom stereocenters. The quantitative estimate of drug-likeness (QED) is 0.613. The van der Waals surface area contributed by atoms with Crippen LogP contribution < -0.4 is 5.32 Å². The summed E-state index contributed by atoms with van der Waals surface area (Å²) in [6, 6.07) is 2.24. The van der Waals surface area contributed by atoms with Gasteiger partial charge < -0.3 is 15.0 Å². The molecule has 0 bridgehead atoms. The number of amides is 1. The SMILES string of the molecule is N#C/C(=C/N1CCOCC1)C(=O)NC1CCCCC1. The lowest BCUT2D eigenvalue weighted by atomic mass is 9.95. The number of nitrogens with zero attached hydrogens (tertiary/aromatic N) is 2. The second-order valence-electron chi connectivity index (χ2n) is 5.11. The van der Waals surface area contributed by atoms with Gasteiger partial charge in [-0.3, -0.25) is 4.79 Å². The predicted octanol–water partition coefficient (Wildman–Crippen LogP) is 1.17. The van der Waals surface area contributed by atoms with Gasteiger partial charge >= 0.3 is 0 Å². The smallest absolute Gasteiger partial charge is 0.263 e. The van der Waals surface area contributed by atoms with Gasteiger partial charge in [0.05, 0.1) is 13.2 Å². The fourth-order valence-corrected chi connectivity index (χ4v) is 2.54. The van der Waals surface area contributed by atoms with Crippen molar-refractivity contribution in [1.82, 2.24) is 10.2 Å². The molecule has 19 heavy (non-hydrogen) atoms. The molecule has 0 aromatic rings. The molecule has 2 aliphatic rings. The minimum atomic E-state index is -0.235. The molecule has 1 heterocycles. The van der Waals surface area contributed by atoms with Gasteiger partial charge in [-0.15, -0.1) is 0 Å². The molecule has 0 radical (unpaired) electrons. The Labute approximate surface area is 114 Å². The van der Waals surface area contributed by atoms with Crippen LogP contribution in [0.15, 0.2) is 11.8 Å². The third-order valence-corrected chi connectivity index (χ3v) is 3.66. The first-order valence-corrected chi connectivity index (χ1v) is 7.04. The van der Waals surface area contributed by atoms with Crippen LogP contribution in [0, 0.1) is 11.3 Å². The molecule has 1 N–H and O–H groups in total. The average Bonchev–Trinajstić information content (AvgIpc) is 2.47. The van der Waals surface area contributed by atoms with E-state index in [1.165, 1.54) is 19.3 Å². The van der Waals surface area contributed by atoms with E-state index in [4.69, 9.17) is 10.00 Å². The van der Waals surface area contributed by atoms with Crippen LogP contribution in [-0.4, -0.2) is 43.2 Å². The highest BCUT2D eigenvalue weighted by atomic mass is 16.5. The Morgan fingerprint density at radius 2 is 1.95 bits per heavy atom. The van der Waals surface area contributed by atoms with Crippen LogP contribution in [0.3, 0.4) is 0 Å². The van der Waals surface area contributed by atoms with Crippen molar-refractivity contribution in [1.29, 1.82) is 5.26 Å². The summed E-state index contributed by atoms with van der Waals surface area (Å²) >= 11 is 0. The van der Waals surface area contributed by atoms with E-state index in [1.807, 2.05) is 11.0 Å². The van der Waals surface area contributed by atoms with Crippen LogP contribution in [0.2, 0.25) is 0 Å². The van der Waals surface area contributed by atoms with E-state index in [2.05, 4.69) is 5.32 Å². The summed E-state index contributed by atoms with van der Waals surface area (Å²) in [5.74, 6) is -0.235. The Morgan fingerprint density at radius 1 is 1.26 bits per heavy atom. The highest BCUT2D eigenvalue weighted by Gasteiger charge is 2.19. The zero-order valence-corrected chi connectivity index (χ0v) is 11.2. The number of nitrogens with one attached hydrogen (secondary N) is 1. The van der Waals surface area contributed by atoms with Crippen LogP contribution in [0.4, 0.5) is 0 Å². The van der Waals surface area contributed by atoms with Gasteiger partial charge in [0, 0.05) is 25.3 Å². The minimum absolute atomic E-state index is 0.201. The van der Waals surface area contributed by atoms with Crippen molar-refractivity contribution in [2.24, 2.45) is 0 Å². The van der Waals surface area contributed by atoms with Crippen molar-refractivity contribution in [3.63, 3.8) is 0 Å². The number of ether oxygens (including phenoxy) is 1. The molecule has 5 nitrogen and oxygen atoms in total. The first kappa shape index (κ1) is 13.9. The summed E-state index contributed by atoms with van der Waals surface area (Å²) in [5, 5.41) is 12.1. The highest BCUT2D eigenvalue weighted by molar-refractivity contribution is 5.97. The fraction of sp³-hybridized carbons (Fsp3) is 0.714. The van der Waals surface area contributed by atoms with Crippen LogP contribution in [0.1, 0.15) is 32.1 Å². The average molecular weight is 263 g/mol. The van der Waals surface area contributed by atoms with Gasteiger partial charge in [0.15, 0.2) is 0 Å². The molecule has 1 aliphatic carbocycles. The molecule has 0 aromatic carbocycles. The fourth-order valence-electron chi connectivity index (χ4n) is 2.54. The molecule has 0 aromatic heterocycles. The molecule has 2 rings (SSSR count). The minimum Gasteiger partial charge on any atom is -0.378 e. The Balaban J connectivity index is 1.90. The topological polar surface area (TPSA) is 65.4 Å². The number of hydrogen-bond acceptors (Lipinski definition) is 4. The molecular formula is C14H21N3O2. The van der Waals surface area contributed by atoms with Gasteiger partial charge in [0.25, 0.3) is 5.91 Å². The maximum Gasteiger partial charge on any atom is 0.263 e. The van der Waals surface area contributed by atoms with Crippen molar-refractivity contribution < 1.29 is 9.53 Å². The lowest BCUT2D eigenvalue weighted by Gasteiger charge is -2.26. The number of morpholine rings is 1. The Bertz CT molecular complexity index is 375. The lowest BCUT2D eigenvalue weighted by molar-refractivity contribution is -0.118. The predicted molar refractivity (Wildman–Crippen MR) is 71.1 cm³/mol. The van der Waals surface area contributed by atoms with Gasteiger partial charge in [-0.25, -0.2) is 0 Å². The number of rotatable bonds is 3. The van der Waals surface area contributed by atoms with Crippen molar-refractivity contribution in [2.75, 3.05) is 26.3 Å². The largest absolute Gasteiger partial charge is 0.378 e. The third-order valence-electron chi connectivity index (χ3n) is 3.66. The number of hydrogen-bond donors (Lipinski definition) is 1. The lowest BCUT2D eigenvalue weighted by Crippen LogP contribution is -2.38. The van der Waals surface area contributed by atoms with Crippen LogP contribution in [0.5, 0.6) is 0 Å². The maximum absolute atomic E-state index is 12.1. The van der Waals surface area contributed by atoms with E-state index < -0.39 is 0 Å². The molecule has 1 saturated carbocycles. The van der Waals surface area contributed by atoms with Crippen molar-refractivity contribution in [3.8, 4) is 6.07 Å². The summed E-state index contributed by atoms with van der Waals surface area (Å²) in [5.41, 5.74) is 0.201. The van der Waals surface area contributed by atoms with E-state index in [0.717, 1.165) is 25.9 Å².